The zero-order chi connectivity index (χ0) is 25.2. The van der Waals surface area contributed by atoms with Gasteiger partial charge in [-0.05, 0) is 83.1 Å². The topological polar surface area (TPSA) is 66.9 Å². The molecule has 2 aliphatic heterocycles. The number of nitrogens with zero attached hydrogens (tertiary/aromatic N) is 2. The van der Waals surface area contributed by atoms with Crippen molar-refractivity contribution in [2.24, 2.45) is 5.92 Å². The maximum absolute atomic E-state index is 14.3. The van der Waals surface area contributed by atoms with E-state index in [-0.39, 0.29) is 10.8 Å². The molecule has 5 rings (SSSR count). The van der Waals surface area contributed by atoms with Crippen molar-refractivity contribution in [3.8, 4) is 0 Å². The molecular weight excluding hydrogens is 460 g/mol. The van der Waals surface area contributed by atoms with Gasteiger partial charge in [-0.25, -0.2) is 13.2 Å². The lowest BCUT2D eigenvalue weighted by atomic mass is 9.58. The molecule has 0 spiro atoms. The Balaban J connectivity index is 1.78. The van der Waals surface area contributed by atoms with E-state index in [9.17, 15) is 13.2 Å². The van der Waals surface area contributed by atoms with Crippen molar-refractivity contribution in [2.45, 2.75) is 75.0 Å². The third-order valence-corrected chi connectivity index (χ3v) is 9.91. The Morgan fingerprint density at radius 1 is 1.11 bits per heavy atom. The van der Waals surface area contributed by atoms with Gasteiger partial charge >= 0.3 is 6.09 Å². The summed E-state index contributed by atoms with van der Waals surface area (Å²) in [4.78, 5) is 15.8. The molecule has 0 aromatic heterocycles. The number of carbonyl (C=O) groups is 1. The highest BCUT2D eigenvalue weighted by Gasteiger charge is 2.74. The largest absolute Gasteiger partial charge is 0.443 e. The highest BCUT2D eigenvalue weighted by Crippen LogP contribution is 2.67. The summed E-state index contributed by atoms with van der Waals surface area (Å²) in [5.74, 6) is 0.0306. The average Bonchev–Trinajstić information content (AvgIpc) is 3.27. The first-order valence-electron chi connectivity index (χ1n) is 12.3. The van der Waals surface area contributed by atoms with E-state index in [2.05, 4.69) is 12.6 Å². The minimum Gasteiger partial charge on any atom is -0.443 e. The fraction of sp³-hybridized carbons (Fsp3) is 0.464. The highest BCUT2D eigenvalue weighted by atomic mass is 32.2. The van der Waals surface area contributed by atoms with E-state index < -0.39 is 32.8 Å². The Morgan fingerprint density at radius 2 is 1.80 bits per heavy atom. The minimum atomic E-state index is -3.90. The van der Waals surface area contributed by atoms with E-state index in [1.54, 1.807) is 21.3 Å². The number of carbonyl (C=O) groups excluding carboxylic acids is 1. The lowest BCUT2D eigenvalue weighted by Crippen LogP contribution is -2.69. The molecule has 2 aromatic carbocycles. The van der Waals surface area contributed by atoms with E-state index in [0.717, 1.165) is 29.7 Å². The number of aryl methyl sites for hydroxylation is 1. The van der Waals surface area contributed by atoms with Crippen molar-refractivity contribution in [3.63, 3.8) is 0 Å². The number of benzene rings is 2. The van der Waals surface area contributed by atoms with E-state index in [1.807, 2.05) is 64.1 Å². The van der Waals surface area contributed by atoms with Gasteiger partial charge in [-0.1, -0.05) is 42.0 Å². The van der Waals surface area contributed by atoms with Crippen LogP contribution in [0.3, 0.4) is 0 Å². The fourth-order valence-corrected chi connectivity index (χ4v) is 8.58. The summed E-state index contributed by atoms with van der Waals surface area (Å²) >= 11 is 0. The Labute approximate surface area is 208 Å². The number of hydrogen-bond acceptors (Lipinski definition) is 4. The van der Waals surface area contributed by atoms with E-state index in [0.29, 0.717) is 19.4 Å². The van der Waals surface area contributed by atoms with Gasteiger partial charge in [0.1, 0.15) is 11.3 Å². The molecule has 7 heteroatoms. The van der Waals surface area contributed by atoms with Crippen molar-refractivity contribution < 1.29 is 17.9 Å². The van der Waals surface area contributed by atoms with Crippen molar-refractivity contribution in [2.75, 3.05) is 11.4 Å². The Kier molecular flexibility index (Phi) is 5.46. The van der Waals surface area contributed by atoms with Gasteiger partial charge in [-0.2, -0.15) is 4.31 Å². The van der Waals surface area contributed by atoms with Crippen LogP contribution in [0.5, 0.6) is 0 Å². The van der Waals surface area contributed by atoms with Crippen LogP contribution in [-0.2, 0) is 20.2 Å². The smallest absolute Gasteiger partial charge is 0.416 e. The SMILES string of the molecule is C=CC1CCC[C@@]23N(C(=O)OC(C)(C)C)c4ccccc4[C@@]12CCN3S(=O)(=O)c1ccc(C)cc1. The van der Waals surface area contributed by atoms with E-state index in [1.165, 1.54) is 0 Å². The van der Waals surface area contributed by atoms with Gasteiger partial charge in [0.05, 0.1) is 10.6 Å². The number of rotatable bonds is 3. The van der Waals surface area contributed by atoms with Gasteiger partial charge in [-0.3, -0.25) is 4.90 Å². The average molecular weight is 495 g/mol. The minimum absolute atomic E-state index is 0.0306. The predicted molar refractivity (Wildman–Crippen MR) is 137 cm³/mol. The van der Waals surface area contributed by atoms with Gasteiger partial charge in [0, 0.05) is 12.0 Å². The van der Waals surface area contributed by atoms with Crippen LogP contribution in [0.4, 0.5) is 10.5 Å². The van der Waals surface area contributed by atoms with Gasteiger partial charge in [0.25, 0.3) is 0 Å². The molecular formula is C28H34N2O4S. The molecule has 0 bridgehead atoms. The molecule has 2 fully saturated rings. The fourth-order valence-electron chi connectivity index (χ4n) is 6.78. The molecule has 1 aliphatic carbocycles. The molecule has 0 N–H and O–H groups in total. The third kappa shape index (κ3) is 3.24. The molecule has 1 amide bonds. The number of sulfonamides is 1. The van der Waals surface area contributed by atoms with Crippen molar-refractivity contribution in [3.05, 3.63) is 72.3 Å². The molecule has 1 saturated heterocycles. The molecule has 3 aliphatic rings. The molecule has 35 heavy (non-hydrogen) atoms. The van der Waals surface area contributed by atoms with Crippen LogP contribution in [0.1, 0.15) is 57.6 Å². The number of anilines is 1. The number of hydrogen-bond donors (Lipinski definition) is 0. The second-order valence-corrected chi connectivity index (χ2v) is 12.9. The van der Waals surface area contributed by atoms with Gasteiger partial charge in [0.15, 0.2) is 0 Å². The first-order valence-corrected chi connectivity index (χ1v) is 13.8. The Hall–Kier alpha value is -2.64. The normalized spacial score (nSPS) is 28.2. The zero-order valence-corrected chi connectivity index (χ0v) is 21.8. The first-order chi connectivity index (χ1) is 16.5. The molecule has 3 atom stereocenters. The summed E-state index contributed by atoms with van der Waals surface area (Å²) in [5.41, 5.74) is 0.333. The second kappa shape index (κ2) is 7.93. The molecule has 2 aromatic rings. The Bertz CT molecular complexity index is 1280. The van der Waals surface area contributed by atoms with Crippen molar-refractivity contribution >= 4 is 21.8 Å². The van der Waals surface area contributed by atoms with E-state index in [4.69, 9.17) is 4.74 Å². The third-order valence-electron chi connectivity index (χ3n) is 7.97. The maximum atomic E-state index is 14.3. The molecule has 6 nitrogen and oxygen atoms in total. The number of allylic oxidation sites excluding steroid dienone is 1. The maximum Gasteiger partial charge on any atom is 0.416 e. The van der Waals surface area contributed by atoms with Crippen LogP contribution < -0.4 is 4.90 Å². The van der Waals surface area contributed by atoms with Crippen LogP contribution in [0.15, 0.2) is 66.1 Å². The van der Waals surface area contributed by atoms with Crippen LogP contribution in [0, 0.1) is 12.8 Å². The molecule has 1 unspecified atom stereocenters. The molecule has 0 radical (unpaired) electrons. The summed E-state index contributed by atoms with van der Waals surface area (Å²) in [6.45, 7) is 11.9. The lowest BCUT2D eigenvalue weighted by Gasteiger charge is -2.54. The van der Waals surface area contributed by atoms with Gasteiger partial charge in [-0.15, -0.1) is 6.58 Å². The van der Waals surface area contributed by atoms with E-state index >= 15 is 0 Å². The summed E-state index contributed by atoms with van der Waals surface area (Å²) in [5, 5.41) is 0. The monoisotopic (exact) mass is 494 g/mol. The van der Waals surface area contributed by atoms with Crippen LogP contribution in [-0.4, -0.2) is 36.6 Å². The summed E-state index contributed by atoms with van der Waals surface area (Å²) in [6.07, 6.45) is 4.29. The Morgan fingerprint density at radius 3 is 2.46 bits per heavy atom. The molecule has 2 heterocycles. The summed E-state index contributed by atoms with van der Waals surface area (Å²) in [6, 6.07) is 14.8. The van der Waals surface area contributed by atoms with Gasteiger partial charge in [0.2, 0.25) is 10.0 Å². The lowest BCUT2D eigenvalue weighted by molar-refractivity contribution is 0.0314. The first kappa shape index (κ1) is 24.1. The second-order valence-electron chi connectivity index (χ2n) is 11.0. The van der Waals surface area contributed by atoms with Crippen LogP contribution in [0.2, 0.25) is 0 Å². The van der Waals surface area contributed by atoms with Crippen molar-refractivity contribution in [1.29, 1.82) is 0 Å². The zero-order valence-electron chi connectivity index (χ0n) is 21.0. The predicted octanol–water partition coefficient (Wildman–Crippen LogP) is 5.76. The summed E-state index contributed by atoms with van der Waals surface area (Å²) < 4.78 is 36.0. The molecule has 1 saturated carbocycles. The van der Waals surface area contributed by atoms with Gasteiger partial charge < -0.3 is 4.74 Å². The summed E-state index contributed by atoms with van der Waals surface area (Å²) in [7, 11) is -3.90. The number of amides is 1. The van der Waals surface area contributed by atoms with Crippen molar-refractivity contribution in [1.82, 2.24) is 4.31 Å². The number of para-hydroxylation sites is 1. The van der Waals surface area contributed by atoms with Crippen LogP contribution in [0.25, 0.3) is 0 Å². The number of ether oxygens (including phenoxy) is 1. The highest BCUT2D eigenvalue weighted by molar-refractivity contribution is 7.89. The molecule has 186 valence electrons. The standard InChI is InChI=1S/C28H34N2O4S/c1-6-21-10-9-17-28-27(21,18-19-29(28)35(32,33)22-15-13-20(2)14-16-22)23-11-7-8-12-24(23)30(28)25(31)34-26(3,4)5/h6-8,11-16,21H,1,9-10,17-19H2,2-5H3/t21?,27-,28-/m1/s1. The quantitative estimate of drug-likeness (QED) is 0.509. The van der Waals surface area contributed by atoms with Crippen LogP contribution >= 0.6 is 0 Å². The number of fused-ring (bicyclic) bond motifs is 1.